The lowest BCUT2D eigenvalue weighted by Crippen LogP contribution is -2.54. The maximum atomic E-state index is 10.3. The number of unbranched alkanes of at least 4 members (excludes halogenated alkanes) is 3. The van der Waals surface area contributed by atoms with Gasteiger partial charge in [-0.1, -0.05) is 46.5 Å². The first-order valence-electron chi connectivity index (χ1n) is 8.60. The van der Waals surface area contributed by atoms with Crippen molar-refractivity contribution in [1.29, 1.82) is 0 Å². The largest absolute Gasteiger partial charge is 0.393 e. The standard InChI is InChI=1S/C17H34O4/c1-5-7-8-9-10-14(4)20-16-15(19)13(3)11-17(6-2,12-18)21-16/h13-16,18-19H,5-12H2,1-4H3. The van der Waals surface area contributed by atoms with E-state index in [0.29, 0.717) is 6.42 Å². The van der Waals surface area contributed by atoms with Gasteiger partial charge in [-0.15, -0.1) is 0 Å². The van der Waals surface area contributed by atoms with Crippen LogP contribution < -0.4 is 0 Å². The summed E-state index contributed by atoms with van der Waals surface area (Å²) in [4.78, 5) is 0. The van der Waals surface area contributed by atoms with Gasteiger partial charge in [0.25, 0.3) is 0 Å². The number of hydrogen-bond donors (Lipinski definition) is 2. The van der Waals surface area contributed by atoms with E-state index in [1.165, 1.54) is 19.3 Å². The number of ether oxygens (including phenoxy) is 2. The zero-order valence-electron chi connectivity index (χ0n) is 14.2. The average Bonchev–Trinajstić information content (AvgIpc) is 2.48. The predicted octanol–water partition coefficient (Wildman–Crippen LogP) is 3.25. The van der Waals surface area contributed by atoms with Crippen LogP contribution in [-0.4, -0.2) is 40.9 Å². The second-order valence-electron chi connectivity index (χ2n) is 6.65. The molecule has 0 aromatic heterocycles. The number of hydrogen-bond acceptors (Lipinski definition) is 4. The van der Waals surface area contributed by atoms with E-state index in [1.807, 2.05) is 20.8 Å². The highest BCUT2D eigenvalue weighted by Crippen LogP contribution is 2.36. The van der Waals surface area contributed by atoms with Crippen molar-refractivity contribution in [2.24, 2.45) is 5.92 Å². The lowest BCUT2D eigenvalue weighted by Gasteiger charge is -2.45. The highest BCUT2D eigenvalue weighted by Gasteiger charge is 2.44. The van der Waals surface area contributed by atoms with Crippen LogP contribution in [-0.2, 0) is 9.47 Å². The molecule has 4 heteroatoms. The van der Waals surface area contributed by atoms with Crippen molar-refractivity contribution in [3.63, 3.8) is 0 Å². The minimum Gasteiger partial charge on any atom is -0.393 e. The summed E-state index contributed by atoms with van der Waals surface area (Å²) in [5.74, 6) is 0.0724. The van der Waals surface area contributed by atoms with E-state index >= 15 is 0 Å². The third-order valence-corrected chi connectivity index (χ3v) is 4.69. The first-order chi connectivity index (χ1) is 9.98. The Morgan fingerprint density at radius 2 is 2.00 bits per heavy atom. The van der Waals surface area contributed by atoms with Gasteiger partial charge in [-0.3, -0.25) is 0 Å². The molecule has 1 saturated heterocycles. The molecule has 0 saturated carbocycles. The molecule has 5 unspecified atom stereocenters. The monoisotopic (exact) mass is 302 g/mol. The lowest BCUT2D eigenvalue weighted by molar-refractivity contribution is -0.306. The minimum atomic E-state index is -0.623. The molecule has 2 N–H and O–H groups in total. The molecule has 0 amide bonds. The second-order valence-corrected chi connectivity index (χ2v) is 6.65. The van der Waals surface area contributed by atoms with Crippen LogP contribution in [0.5, 0.6) is 0 Å². The van der Waals surface area contributed by atoms with Gasteiger partial charge >= 0.3 is 0 Å². The van der Waals surface area contributed by atoms with Crippen molar-refractivity contribution >= 4 is 0 Å². The summed E-state index contributed by atoms with van der Waals surface area (Å²) in [5, 5.41) is 19.9. The van der Waals surface area contributed by atoms with Gasteiger partial charge in [0.2, 0.25) is 0 Å². The molecular weight excluding hydrogens is 268 g/mol. The number of aliphatic hydroxyl groups is 2. The molecule has 1 rings (SSSR count). The highest BCUT2D eigenvalue weighted by molar-refractivity contribution is 4.90. The Balaban J connectivity index is 2.50. The fourth-order valence-corrected chi connectivity index (χ4v) is 3.05. The molecular formula is C17H34O4. The summed E-state index contributed by atoms with van der Waals surface area (Å²) < 4.78 is 11.9. The Kier molecular flexibility index (Phi) is 8.17. The zero-order valence-corrected chi connectivity index (χ0v) is 14.2. The van der Waals surface area contributed by atoms with Crippen molar-refractivity contribution in [2.45, 2.75) is 96.7 Å². The number of rotatable bonds is 9. The molecule has 0 aromatic carbocycles. The molecule has 1 heterocycles. The van der Waals surface area contributed by atoms with E-state index in [-0.39, 0.29) is 18.6 Å². The Morgan fingerprint density at radius 1 is 1.29 bits per heavy atom. The third kappa shape index (κ3) is 5.51. The quantitative estimate of drug-likeness (QED) is 0.642. The molecule has 5 atom stereocenters. The summed E-state index contributed by atoms with van der Waals surface area (Å²) >= 11 is 0. The SMILES string of the molecule is CCCCCCC(C)OC1OC(CC)(CO)CC(C)C1O. The fourth-order valence-electron chi connectivity index (χ4n) is 3.05. The first-order valence-corrected chi connectivity index (χ1v) is 8.60. The van der Waals surface area contributed by atoms with Crippen LogP contribution in [0.4, 0.5) is 0 Å². The van der Waals surface area contributed by atoms with E-state index in [1.54, 1.807) is 0 Å². The molecule has 1 aliphatic rings. The molecule has 126 valence electrons. The predicted molar refractivity (Wildman–Crippen MR) is 84.1 cm³/mol. The lowest BCUT2D eigenvalue weighted by atomic mass is 9.83. The molecule has 0 aromatic rings. The van der Waals surface area contributed by atoms with Crippen LogP contribution in [0.3, 0.4) is 0 Å². The van der Waals surface area contributed by atoms with Gasteiger partial charge < -0.3 is 19.7 Å². The van der Waals surface area contributed by atoms with E-state index in [4.69, 9.17) is 9.47 Å². The summed E-state index contributed by atoms with van der Waals surface area (Å²) in [6.45, 7) is 8.22. The van der Waals surface area contributed by atoms with Gasteiger partial charge in [-0.05, 0) is 32.1 Å². The van der Waals surface area contributed by atoms with Gasteiger partial charge in [-0.25, -0.2) is 0 Å². The highest BCUT2D eigenvalue weighted by atomic mass is 16.7. The van der Waals surface area contributed by atoms with E-state index < -0.39 is 18.0 Å². The minimum absolute atomic E-state index is 0.0225. The molecule has 0 aliphatic carbocycles. The van der Waals surface area contributed by atoms with E-state index in [2.05, 4.69) is 6.92 Å². The van der Waals surface area contributed by atoms with Gasteiger partial charge in [0.05, 0.1) is 18.3 Å². The van der Waals surface area contributed by atoms with Crippen LogP contribution in [0.15, 0.2) is 0 Å². The smallest absolute Gasteiger partial charge is 0.184 e. The molecule has 0 bridgehead atoms. The maximum Gasteiger partial charge on any atom is 0.184 e. The summed E-state index contributed by atoms with van der Waals surface area (Å²) in [6.07, 6.45) is 6.08. The van der Waals surface area contributed by atoms with Crippen molar-refractivity contribution in [2.75, 3.05) is 6.61 Å². The van der Waals surface area contributed by atoms with Crippen molar-refractivity contribution in [3.05, 3.63) is 0 Å². The van der Waals surface area contributed by atoms with Gasteiger partial charge in [0, 0.05) is 0 Å². The van der Waals surface area contributed by atoms with Crippen LogP contribution in [0.1, 0.15) is 72.6 Å². The molecule has 1 fully saturated rings. The van der Waals surface area contributed by atoms with E-state index in [9.17, 15) is 10.2 Å². The zero-order chi connectivity index (χ0) is 15.9. The molecule has 1 aliphatic heterocycles. The summed E-state index contributed by atoms with van der Waals surface area (Å²) in [6, 6.07) is 0. The molecule has 21 heavy (non-hydrogen) atoms. The Hall–Kier alpha value is -0.160. The van der Waals surface area contributed by atoms with Crippen LogP contribution in [0.2, 0.25) is 0 Å². The van der Waals surface area contributed by atoms with Crippen molar-refractivity contribution < 1.29 is 19.7 Å². The Bertz CT molecular complexity index is 278. The van der Waals surface area contributed by atoms with Crippen molar-refractivity contribution in [3.8, 4) is 0 Å². The molecule has 4 nitrogen and oxygen atoms in total. The van der Waals surface area contributed by atoms with Crippen LogP contribution in [0.25, 0.3) is 0 Å². The topological polar surface area (TPSA) is 58.9 Å². The molecule has 0 radical (unpaired) electrons. The number of aliphatic hydroxyl groups excluding tert-OH is 2. The second kappa shape index (κ2) is 9.09. The van der Waals surface area contributed by atoms with Crippen LogP contribution in [0, 0.1) is 5.92 Å². The van der Waals surface area contributed by atoms with Gasteiger partial charge in [0.15, 0.2) is 6.29 Å². The van der Waals surface area contributed by atoms with Gasteiger partial charge in [-0.2, -0.15) is 0 Å². The van der Waals surface area contributed by atoms with E-state index in [0.717, 1.165) is 19.3 Å². The molecule has 0 spiro atoms. The Morgan fingerprint density at radius 3 is 2.57 bits per heavy atom. The van der Waals surface area contributed by atoms with Crippen LogP contribution >= 0.6 is 0 Å². The summed E-state index contributed by atoms with van der Waals surface area (Å²) in [5.41, 5.74) is -0.564. The van der Waals surface area contributed by atoms with Gasteiger partial charge in [0.1, 0.15) is 6.10 Å². The first kappa shape index (κ1) is 18.9. The maximum absolute atomic E-state index is 10.3. The summed E-state index contributed by atoms with van der Waals surface area (Å²) in [7, 11) is 0. The average molecular weight is 302 g/mol. The normalized spacial score (nSPS) is 34.9. The van der Waals surface area contributed by atoms with Crippen molar-refractivity contribution in [1.82, 2.24) is 0 Å². The third-order valence-electron chi connectivity index (χ3n) is 4.69. The Labute approximate surface area is 129 Å². The fraction of sp³-hybridized carbons (Fsp3) is 1.00.